The minimum Gasteiger partial charge on any atom is 0 e. The second-order valence-electron chi connectivity index (χ2n) is 0.408. The van der Waals surface area contributed by atoms with Crippen LogP contribution in [0.4, 0.5) is 0 Å². The molecule has 0 fully saturated rings. The van der Waals surface area contributed by atoms with E-state index in [-0.39, 0.29) is 51.4 Å². The third kappa shape index (κ3) is 149. The summed E-state index contributed by atoms with van der Waals surface area (Å²) in [7, 11) is 0. The van der Waals surface area contributed by atoms with Gasteiger partial charge in [0.15, 0.2) is 0 Å². The Balaban J connectivity index is -0.000000143. The zero-order valence-electron chi connectivity index (χ0n) is 8.27. The predicted molar refractivity (Wildman–Crippen MR) is 27.5 cm³/mol. The monoisotopic (exact) mass is 303 g/mol. The molecule has 1 radical (unpaired) electrons. The summed E-state index contributed by atoms with van der Waals surface area (Å²) in [5.41, 5.74) is 0. The molecule has 0 spiro atoms. The standard InChI is InChI=1S/K.2H2O3Se/c;2*1-4(2)3/h;2*(H2,1,2,3)/i/hD4. The van der Waals surface area contributed by atoms with Crippen LogP contribution in [0.15, 0.2) is 0 Å². The second kappa shape index (κ2) is 12.8. The first-order valence-electron chi connectivity index (χ1n) is 2.63. The van der Waals surface area contributed by atoms with Crippen molar-refractivity contribution in [1.29, 1.82) is 5.72 Å². The average Bonchev–Trinajstić information content (AvgIpc) is 2.16. The van der Waals surface area contributed by atoms with Gasteiger partial charge in [-0.1, -0.05) is 0 Å². The van der Waals surface area contributed by atoms with Crippen molar-refractivity contribution in [3.05, 3.63) is 0 Å². The second-order valence-corrected chi connectivity index (χ2v) is 2.12. The van der Waals surface area contributed by atoms with E-state index in [9.17, 15) is 7.67 Å². The Morgan fingerprint density at radius 1 is 1.00 bits per heavy atom. The van der Waals surface area contributed by atoms with Gasteiger partial charge in [0, 0.05) is 51.4 Å². The van der Waals surface area contributed by atoms with E-state index in [1.165, 1.54) is 0 Å². The Labute approximate surface area is 109 Å². The molecular weight excluding hydrogens is 293 g/mol. The molecule has 0 aliphatic heterocycles. The van der Waals surface area contributed by atoms with Gasteiger partial charge in [-0.3, -0.25) is 0 Å². The first kappa shape index (κ1) is 7.75. The Morgan fingerprint density at radius 2 is 1.22 bits per heavy atom. The molecule has 6 nitrogen and oxygen atoms in total. The Kier molecular flexibility index (Phi) is 11.0. The molecule has 9 heavy (non-hydrogen) atoms. The van der Waals surface area contributed by atoms with Crippen molar-refractivity contribution < 1.29 is 24.4 Å². The van der Waals surface area contributed by atoms with E-state index in [0.29, 0.717) is 0 Å². The molecule has 0 saturated carbocycles. The van der Waals surface area contributed by atoms with Gasteiger partial charge in [-0.15, -0.1) is 0 Å². The summed E-state index contributed by atoms with van der Waals surface area (Å²) in [5.74, 6) is 0. The van der Waals surface area contributed by atoms with Gasteiger partial charge >= 0.3 is 59.1 Å². The molecule has 0 bridgehead atoms. The van der Waals surface area contributed by atoms with Crippen molar-refractivity contribution in [3.63, 3.8) is 0 Å². The molecule has 0 atom stereocenters. The largest absolute Gasteiger partial charge is 0 e. The Morgan fingerprint density at radius 3 is 1.22 bits per heavy atom. The van der Waals surface area contributed by atoms with Crippen molar-refractivity contribution in [2.45, 2.75) is 0 Å². The fraction of sp³-hybridized carbons (Fsp3) is 0. The summed E-state index contributed by atoms with van der Waals surface area (Å²) < 4.78 is 55.6. The van der Waals surface area contributed by atoms with Crippen LogP contribution in [0.3, 0.4) is 0 Å². The van der Waals surface area contributed by atoms with Gasteiger partial charge in [0.2, 0.25) is 0 Å². The summed E-state index contributed by atoms with van der Waals surface area (Å²) >= 11 is -5.94. The maximum atomic E-state index is 9.57. The minimum atomic E-state index is -2.97. The average molecular weight is 301 g/mol. The fourth-order valence-electron chi connectivity index (χ4n) is 0. The molecule has 0 heterocycles. The quantitative estimate of drug-likeness (QED) is 0.399. The fourth-order valence-corrected chi connectivity index (χ4v) is 0. The molecule has 0 aliphatic carbocycles. The number of hydrogen-bond acceptors (Lipinski definition) is 6. The molecular formula is H4KO6Se2. The van der Waals surface area contributed by atoms with Gasteiger partial charge < -0.3 is 0 Å². The van der Waals surface area contributed by atoms with Crippen LogP contribution in [-0.2, 0) is 7.67 Å². The summed E-state index contributed by atoms with van der Waals surface area (Å²) in [5, 5.41) is 0. The Bertz CT molecular complexity index is 115. The third-order valence-electron chi connectivity index (χ3n) is 0. The first-order chi connectivity index (χ1) is 5.62. The third-order valence-corrected chi connectivity index (χ3v) is 0. The van der Waals surface area contributed by atoms with Crippen LogP contribution in [0, 0.1) is 0 Å². The molecule has 0 saturated heterocycles. The van der Waals surface area contributed by atoms with Crippen LogP contribution in [0.1, 0.15) is 0 Å². The van der Waals surface area contributed by atoms with Crippen LogP contribution >= 0.6 is 0 Å². The van der Waals surface area contributed by atoms with Crippen molar-refractivity contribution in [2.24, 2.45) is 0 Å². The number of rotatable bonds is 4. The summed E-state index contributed by atoms with van der Waals surface area (Å²) in [4.78, 5) is 0. The normalized spacial score (nSPS) is 13.6. The van der Waals surface area contributed by atoms with E-state index in [2.05, 4.69) is 16.8 Å². The van der Waals surface area contributed by atoms with E-state index < -0.39 is 29.0 Å². The SMILES string of the molecule is [2H]O[Se](=O)O[2H].[2H]O[Se](=O)O[2H].[K]. The van der Waals surface area contributed by atoms with Crippen LogP contribution in [0.2, 0.25) is 0 Å². The van der Waals surface area contributed by atoms with Crippen LogP contribution in [0.5, 0.6) is 0 Å². The number of hydrogen-bond donors (Lipinski definition) is 4. The van der Waals surface area contributed by atoms with Gasteiger partial charge in [0.05, 0.1) is 0 Å². The molecule has 53 valence electrons. The van der Waals surface area contributed by atoms with Crippen LogP contribution in [-0.4, -0.2) is 103 Å². The van der Waals surface area contributed by atoms with Gasteiger partial charge in [-0.2, -0.15) is 0 Å². The smallest absolute Gasteiger partial charge is 0 e. The molecule has 0 amide bonds. The molecule has 4 N–H and O–H groups in total. The van der Waals surface area contributed by atoms with Crippen molar-refractivity contribution in [1.82, 2.24) is 0 Å². The Hall–Kier alpha value is 2.12. The van der Waals surface area contributed by atoms with E-state index >= 15 is 0 Å². The van der Waals surface area contributed by atoms with Crippen LogP contribution in [0.25, 0.3) is 0 Å². The van der Waals surface area contributed by atoms with Crippen LogP contribution < -0.4 is 0 Å². The maximum absolute atomic E-state index is 9.57. The minimum absolute atomic E-state index is 0. The van der Waals surface area contributed by atoms with Gasteiger partial charge in [0.25, 0.3) is 0 Å². The van der Waals surface area contributed by atoms with Gasteiger partial charge in [-0.05, 0) is 0 Å². The molecule has 0 aromatic carbocycles. The first-order valence-corrected chi connectivity index (χ1v) is 5.20. The molecule has 0 aromatic rings. The molecule has 0 rings (SSSR count). The van der Waals surface area contributed by atoms with Crippen molar-refractivity contribution in [3.8, 4) is 0 Å². The molecule has 0 unspecified atom stereocenters. The maximum Gasteiger partial charge on any atom is 0 e. The van der Waals surface area contributed by atoms with E-state index in [0.717, 1.165) is 0 Å². The van der Waals surface area contributed by atoms with Crippen molar-refractivity contribution >= 4 is 80.4 Å². The summed E-state index contributed by atoms with van der Waals surface area (Å²) in [6.07, 6.45) is 0. The summed E-state index contributed by atoms with van der Waals surface area (Å²) in [6, 6.07) is 0. The topological polar surface area (TPSA) is 115 Å². The summed E-state index contributed by atoms with van der Waals surface area (Å²) in [6.45, 7) is 0. The molecule has 0 aliphatic rings. The molecule has 9 heteroatoms. The van der Waals surface area contributed by atoms with E-state index in [1.54, 1.807) is 0 Å². The van der Waals surface area contributed by atoms with Gasteiger partial charge in [-0.25, -0.2) is 0 Å². The van der Waals surface area contributed by atoms with E-state index in [4.69, 9.17) is 5.72 Å². The van der Waals surface area contributed by atoms with Crippen molar-refractivity contribution in [2.75, 3.05) is 0 Å². The zero-order chi connectivity index (χ0) is 9.98. The zero-order valence-corrected chi connectivity index (χ0v) is 10.8. The molecule has 0 aromatic heterocycles. The van der Waals surface area contributed by atoms with Gasteiger partial charge in [0.1, 0.15) is 0 Å². The predicted octanol–water partition coefficient (Wildman–Crippen LogP) is -3.61. The van der Waals surface area contributed by atoms with E-state index in [1.807, 2.05) is 0 Å².